The summed E-state index contributed by atoms with van der Waals surface area (Å²) in [5.41, 5.74) is 2.14. The van der Waals surface area contributed by atoms with Crippen molar-refractivity contribution in [1.29, 1.82) is 0 Å². The molecular formula is C19H25NO2. The number of benzene rings is 1. The zero-order valence-electron chi connectivity index (χ0n) is 13.3. The molecule has 2 unspecified atom stereocenters. The van der Waals surface area contributed by atoms with Gasteiger partial charge in [-0.05, 0) is 24.4 Å². The van der Waals surface area contributed by atoms with Gasteiger partial charge in [0.05, 0.1) is 5.57 Å². The second-order valence-corrected chi connectivity index (χ2v) is 6.29. The molecular weight excluding hydrogens is 274 g/mol. The first-order chi connectivity index (χ1) is 10.8. The van der Waals surface area contributed by atoms with Crippen molar-refractivity contribution in [3.05, 3.63) is 47.2 Å². The van der Waals surface area contributed by atoms with Gasteiger partial charge in [-0.1, -0.05) is 56.5 Å². The average Bonchev–Trinajstić information content (AvgIpc) is 2.51. The SMILES string of the molecule is CCCCCCNC1OC2=C1C(=O)CC(c1ccccc1)C2. The van der Waals surface area contributed by atoms with Crippen molar-refractivity contribution in [2.45, 2.75) is 57.6 Å². The summed E-state index contributed by atoms with van der Waals surface area (Å²) in [6, 6.07) is 10.3. The van der Waals surface area contributed by atoms with Crippen molar-refractivity contribution in [3.8, 4) is 0 Å². The minimum atomic E-state index is -0.152. The van der Waals surface area contributed by atoms with Crippen molar-refractivity contribution in [2.24, 2.45) is 0 Å². The van der Waals surface area contributed by atoms with Gasteiger partial charge < -0.3 is 4.74 Å². The van der Waals surface area contributed by atoms with Crippen LogP contribution in [0.5, 0.6) is 0 Å². The highest BCUT2D eigenvalue weighted by atomic mass is 16.5. The molecule has 3 heteroatoms. The summed E-state index contributed by atoms with van der Waals surface area (Å²) in [5, 5.41) is 3.36. The molecule has 0 radical (unpaired) electrons. The number of ketones is 1. The molecule has 0 spiro atoms. The highest BCUT2D eigenvalue weighted by Crippen LogP contribution is 2.41. The van der Waals surface area contributed by atoms with Crippen molar-refractivity contribution in [3.63, 3.8) is 0 Å². The number of ether oxygens (including phenoxy) is 1. The molecule has 118 valence electrons. The number of rotatable bonds is 7. The zero-order valence-corrected chi connectivity index (χ0v) is 13.3. The number of unbranched alkanes of at least 4 members (excludes halogenated alkanes) is 3. The minimum absolute atomic E-state index is 0.152. The van der Waals surface area contributed by atoms with Gasteiger partial charge in [0, 0.05) is 12.8 Å². The molecule has 0 saturated heterocycles. The molecule has 0 fully saturated rings. The van der Waals surface area contributed by atoms with E-state index < -0.39 is 0 Å². The maximum absolute atomic E-state index is 12.4. The Morgan fingerprint density at radius 2 is 1.95 bits per heavy atom. The largest absolute Gasteiger partial charge is 0.475 e. The predicted molar refractivity (Wildman–Crippen MR) is 87.5 cm³/mol. The summed E-state index contributed by atoms with van der Waals surface area (Å²) in [7, 11) is 0. The first-order valence-corrected chi connectivity index (χ1v) is 8.50. The van der Waals surface area contributed by atoms with E-state index in [0.717, 1.165) is 30.7 Å². The number of carbonyl (C=O) groups excluding carboxylic acids is 1. The van der Waals surface area contributed by atoms with E-state index in [4.69, 9.17) is 4.74 Å². The lowest BCUT2D eigenvalue weighted by Gasteiger charge is -2.39. The van der Waals surface area contributed by atoms with Crippen LogP contribution >= 0.6 is 0 Å². The standard InChI is InChI=1S/C19H25NO2/c1-2-3-4-8-11-20-19-18-16(21)12-15(13-17(18)22-19)14-9-6-5-7-10-14/h5-7,9-10,15,19-20H,2-4,8,11-13H2,1H3. The maximum atomic E-state index is 12.4. The minimum Gasteiger partial charge on any atom is -0.475 e. The lowest BCUT2D eigenvalue weighted by molar-refractivity contribution is -0.121. The highest BCUT2D eigenvalue weighted by molar-refractivity contribution is 5.99. The number of nitrogens with one attached hydrogen (secondary N) is 1. The fourth-order valence-corrected chi connectivity index (χ4v) is 3.33. The molecule has 3 nitrogen and oxygen atoms in total. The van der Waals surface area contributed by atoms with Gasteiger partial charge in [-0.25, -0.2) is 0 Å². The summed E-state index contributed by atoms with van der Waals surface area (Å²) in [5.74, 6) is 1.45. The van der Waals surface area contributed by atoms with E-state index in [1.165, 1.54) is 24.8 Å². The molecule has 2 atom stereocenters. The number of hydrogen-bond acceptors (Lipinski definition) is 3. The Morgan fingerprint density at radius 3 is 2.68 bits per heavy atom. The molecule has 22 heavy (non-hydrogen) atoms. The van der Waals surface area contributed by atoms with E-state index in [9.17, 15) is 4.79 Å². The Kier molecular flexibility index (Phi) is 4.94. The molecule has 0 saturated carbocycles. The number of hydrogen-bond donors (Lipinski definition) is 1. The molecule has 3 rings (SSSR count). The van der Waals surface area contributed by atoms with E-state index in [1.807, 2.05) is 18.2 Å². The fourth-order valence-electron chi connectivity index (χ4n) is 3.33. The molecule has 0 amide bonds. The Balaban J connectivity index is 1.54. The smallest absolute Gasteiger partial charge is 0.182 e. The Morgan fingerprint density at radius 1 is 1.14 bits per heavy atom. The van der Waals surface area contributed by atoms with Crippen LogP contribution < -0.4 is 5.32 Å². The average molecular weight is 299 g/mol. The quantitative estimate of drug-likeness (QED) is 0.776. The molecule has 1 heterocycles. The van der Waals surface area contributed by atoms with Crippen LogP contribution in [0.4, 0.5) is 0 Å². The van der Waals surface area contributed by atoms with Gasteiger partial charge in [0.1, 0.15) is 5.76 Å². The van der Waals surface area contributed by atoms with E-state index in [1.54, 1.807) is 0 Å². The molecule has 1 aliphatic carbocycles. The Bertz CT molecular complexity index is 550. The number of Topliss-reactive ketones (excluding diaryl/α,β-unsaturated/α-hetero) is 1. The maximum Gasteiger partial charge on any atom is 0.182 e. The van der Waals surface area contributed by atoms with Crippen molar-refractivity contribution >= 4 is 5.78 Å². The van der Waals surface area contributed by atoms with E-state index in [2.05, 4.69) is 24.4 Å². The van der Waals surface area contributed by atoms with E-state index in [-0.39, 0.29) is 17.9 Å². The molecule has 1 N–H and O–H groups in total. The third kappa shape index (κ3) is 3.25. The van der Waals surface area contributed by atoms with Gasteiger partial charge in [-0.3, -0.25) is 10.1 Å². The molecule has 1 aliphatic heterocycles. The molecule has 2 aliphatic rings. The van der Waals surface area contributed by atoms with Crippen LogP contribution in [-0.4, -0.2) is 18.6 Å². The van der Waals surface area contributed by atoms with Gasteiger partial charge in [-0.15, -0.1) is 0 Å². The van der Waals surface area contributed by atoms with Gasteiger partial charge >= 0.3 is 0 Å². The summed E-state index contributed by atoms with van der Waals surface area (Å²) < 4.78 is 5.82. The molecule has 0 bridgehead atoms. The van der Waals surface area contributed by atoms with Gasteiger partial charge in [0.25, 0.3) is 0 Å². The monoisotopic (exact) mass is 299 g/mol. The summed E-state index contributed by atoms with van der Waals surface area (Å²) in [6.45, 7) is 3.14. The first-order valence-electron chi connectivity index (χ1n) is 8.50. The van der Waals surface area contributed by atoms with Crippen LogP contribution in [0.1, 0.15) is 56.9 Å². The fraction of sp³-hybridized carbons (Fsp3) is 0.526. The van der Waals surface area contributed by atoms with Crippen LogP contribution in [-0.2, 0) is 9.53 Å². The second-order valence-electron chi connectivity index (χ2n) is 6.29. The highest BCUT2D eigenvalue weighted by Gasteiger charge is 2.41. The summed E-state index contributed by atoms with van der Waals surface area (Å²) >= 11 is 0. The normalized spacial score (nSPS) is 23.8. The molecule has 1 aromatic rings. The number of allylic oxidation sites excluding steroid dienone is 1. The van der Waals surface area contributed by atoms with Crippen molar-refractivity contribution < 1.29 is 9.53 Å². The van der Waals surface area contributed by atoms with Crippen LogP contribution in [0.15, 0.2) is 41.7 Å². The zero-order chi connectivity index (χ0) is 15.4. The van der Waals surface area contributed by atoms with Gasteiger partial charge in [0.2, 0.25) is 0 Å². The second kappa shape index (κ2) is 7.10. The molecule has 0 aromatic heterocycles. The number of carbonyl (C=O) groups is 1. The lowest BCUT2D eigenvalue weighted by Crippen LogP contribution is -2.46. The lowest BCUT2D eigenvalue weighted by atomic mass is 9.80. The summed E-state index contributed by atoms with van der Waals surface area (Å²) in [6.07, 6.45) is 6.23. The predicted octanol–water partition coefficient (Wildman–Crippen LogP) is 3.91. The topological polar surface area (TPSA) is 38.3 Å². The third-order valence-electron chi connectivity index (χ3n) is 4.62. The van der Waals surface area contributed by atoms with Gasteiger partial charge in [0.15, 0.2) is 12.0 Å². The van der Waals surface area contributed by atoms with E-state index >= 15 is 0 Å². The van der Waals surface area contributed by atoms with E-state index in [0.29, 0.717) is 6.42 Å². The molecule has 1 aromatic carbocycles. The van der Waals surface area contributed by atoms with Crippen molar-refractivity contribution in [1.82, 2.24) is 5.32 Å². The Labute approximate surface area is 132 Å². The van der Waals surface area contributed by atoms with Crippen LogP contribution in [0.3, 0.4) is 0 Å². The Hall–Kier alpha value is -1.61. The summed E-state index contributed by atoms with van der Waals surface area (Å²) in [4.78, 5) is 12.4. The first kappa shape index (κ1) is 15.3. The van der Waals surface area contributed by atoms with Crippen molar-refractivity contribution in [2.75, 3.05) is 6.54 Å². The third-order valence-corrected chi connectivity index (χ3v) is 4.62. The van der Waals surface area contributed by atoms with Crippen LogP contribution in [0.25, 0.3) is 0 Å². The van der Waals surface area contributed by atoms with Gasteiger partial charge in [-0.2, -0.15) is 0 Å². The van der Waals surface area contributed by atoms with Crippen LogP contribution in [0, 0.1) is 0 Å². The van der Waals surface area contributed by atoms with Crippen LogP contribution in [0.2, 0.25) is 0 Å².